The van der Waals surface area contributed by atoms with Crippen LogP contribution in [-0.4, -0.2) is 68.4 Å². The van der Waals surface area contributed by atoms with Gasteiger partial charge in [-0.1, -0.05) is 0 Å². The third kappa shape index (κ3) is 4.74. The number of likely N-dealkylation sites (N-methyl/N-ethyl adjacent to an activating group) is 2. The summed E-state index contributed by atoms with van der Waals surface area (Å²) in [5, 5.41) is 8.76. The molecule has 2 rings (SSSR count). The van der Waals surface area contributed by atoms with Gasteiger partial charge < -0.3 is 9.80 Å². The van der Waals surface area contributed by atoms with Crippen LogP contribution in [0.1, 0.15) is 73.6 Å². The van der Waals surface area contributed by atoms with Crippen molar-refractivity contribution in [3.05, 3.63) is 34.9 Å². The molecule has 2 amide bonds. The van der Waals surface area contributed by atoms with Crippen LogP contribution in [-0.2, 0) is 11.1 Å². The van der Waals surface area contributed by atoms with E-state index in [1.807, 2.05) is 23.2 Å². The van der Waals surface area contributed by atoms with E-state index in [9.17, 15) is 9.59 Å². The fraction of sp³-hybridized carbons (Fsp3) is 0.636. The van der Waals surface area contributed by atoms with E-state index in [2.05, 4.69) is 51.7 Å². The van der Waals surface area contributed by atoms with E-state index in [4.69, 9.17) is 0 Å². The predicted molar refractivity (Wildman–Crippen MR) is 118 cm³/mol. The van der Waals surface area contributed by atoms with Crippen molar-refractivity contribution in [2.24, 2.45) is 0 Å². The Morgan fingerprint density at radius 2 is 1.07 bits per heavy atom. The van der Waals surface area contributed by atoms with E-state index in [-0.39, 0.29) is 22.9 Å². The second kappa shape index (κ2) is 8.24. The minimum Gasteiger partial charge on any atom is -0.340 e. The summed E-state index contributed by atoms with van der Waals surface area (Å²) in [6.07, 6.45) is 3.25. The maximum absolute atomic E-state index is 12.9. The molecular weight excluding hydrogens is 380 g/mol. The average molecular weight is 417 g/mol. The first-order valence-corrected chi connectivity index (χ1v) is 10.3. The van der Waals surface area contributed by atoms with Crippen molar-refractivity contribution in [2.75, 3.05) is 27.2 Å². The quantitative estimate of drug-likeness (QED) is 0.751. The van der Waals surface area contributed by atoms with Crippen molar-refractivity contribution in [3.8, 4) is 0 Å². The monoisotopic (exact) mass is 416 g/mol. The fourth-order valence-corrected chi connectivity index (χ4v) is 3.51. The van der Waals surface area contributed by atoms with Crippen molar-refractivity contribution < 1.29 is 9.59 Å². The smallest absolute Gasteiger partial charge is 0.257 e. The zero-order valence-corrected chi connectivity index (χ0v) is 20.1. The van der Waals surface area contributed by atoms with Crippen molar-refractivity contribution in [2.45, 2.75) is 66.5 Å². The zero-order valence-electron chi connectivity index (χ0n) is 20.1. The highest BCUT2D eigenvalue weighted by molar-refractivity contribution is 5.96. The van der Waals surface area contributed by atoms with E-state index < -0.39 is 0 Å². The molecule has 2 aromatic rings. The summed E-state index contributed by atoms with van der Waals surface area (Å²) in [6.45, 7) is 17.0. The van der Waals surface area contributed by atoms with Crippen molar-refractivity contribution in [3.63, 3.8) is 0 Å². The van der Waals surface area contributed by atoms with E-state index >= 15 is 0 Å². The molecule has 166 valence electrons. The van der Waals surface area contributed by atoms with Gasteiger partial charge in [0.25, 0.3) is 11.8 Å². The Balaban J connectivity index is 2.05. The average Bonchev–Trinajstić information content (AvgIpc) is 3.20. The van der Waals surface area contributed by atoms with Gasteiger partial charge in [0.1, 0.15) is 0 Å². The molecule has 0 fully saturated rings. The molecule has 8 nitrogen and oxygen atoms in total. The molecule has 0 unspecified atom stereocenters. The molecule has 0 aliphatic carbocycles. The van der Waals surface area contributed by atoms with Gasteiger partial charge in [0.2, 0.25) is 0 Å². The number of nitrogens with zero attached hydrogens (tertiary/aromatic N) is 6. The Morgan fingerprint density at radius 3 is 1.30 bits per heavy atom. The van der Waals surface area contributed by atoms with Crippen molar-refractivity contribution in [1.29, 1.82) is 0 Å². The number of carbonyl (C=O) groups excluding carboxylic acids is 2. The second-order valence-electron chi connectivity index (χ2n) is 9.91. The van der Waals surface area contributed by atoms with Crippen LogP contribution in [0.25, 0.3) is 0 Å². The SMILES string of the molecule is Cc1c(C(=O)N(C)CCN(C)C(=O)c2cnn(C(C)(C)C)c2C)cnn1C(C)(C)C. The Morgan fingerprint density at radius 1 is 0.767 bits per heavy atom. The fourth-order valence-electron chi connectivity index (χ4n) is 3.51. The first-order valence-electron chi connectivity index (χ1n) is 10.3. The van der Waals surface area contributed by atoms with Crippen LogP contribution in [0, 0.1) is 13.8 Å². The molecule has 0 aliphatic rings. The van der Waals surface area contributed by atoms with Crippen LogP contribution in [0.4, 0.5) is 0 Å². The predicted octanol–water partition coefficient (Wildman–Crippen LogP) is 3.05. The van der Waals surface area contributed by atoms with Crippen LogP contribution in [0.2, 0.25) is 0 Å². The summed E-state index contributed by atoms with van der Waals surface area (Å²) in [5.74, 6) is -0.193. The van der Waals surface area contributed by atoms with Crippen LogP contribution >= 0.6 is 0 Å². The van der Waals surface area contributed by atoms with Gasteiger partial charge in [-0.3, -0.25) is 19.0 Å². The maximum Gasteiger partial charge on any atom is 0.257 e. The molecule has 0 radical (unpaired) electrons. The summed E-state index contributed by atoms with van der Waals surface area (Å²) < 4.78 is 3.72. The van der Waals surface area contributed by atoms with Gasteiger partial charge in [0.15, 0.2) is 0 Å². The summed E-state index contributed by atoms with van der Waals surface area (Å²) in [6, 6.07) is 0. The topological polar surface area (TPSA) is 76.3 Å². The van der Waals surface area contributed by atoms with Crippen molar-refractivity contribution in [1.82, 2.24) is 29.4 Å². The minimum atomic E-state index is -0.191. The third-order valence-electron chi connectivity index (χ3n) is 5.22. The van der Waals surface area contributed by atoms with Gasteiger partial charge in [-0.2, -0.15) is 10.2 Å². The van der Waals surface area contributed by atoms with Crippen molar-refractivity contribution >= 4 is 11.8 Å². The number of amides is 2. The van der Waals surface area contributed by atoms with Crippen LogP contribution < -0.4 is 0 Å². The molecule has 0 aliphatic heterocycles. The first-order chi connectivity index (χ1) is 13.7. The number of aromatic nitrogens is 4. The number of hydrogen-bond acceptors (Lipinski definition) is 4. The standard InChI is InChI=1S/C22H36N6O2/c1-15-17(13-23-27(15)21(3,4)5)19(29)25(9)11-12-26(10)20(30)18-14-24-28(16(18)2)22(6,7)8/h13-14H,11-12H2,1-10H3. The molecule has 0 atom stereocenters. The third-order valence-corrected chi connectivity index (χ3v) is 5.22. The number of carbonyl (C=O) groups is 2. The Labute approximate surface area is 179 Å². The molecule has 8 heteroatoms. The molecule has 0 bridgehead atoms. The van der Waals surface area contributed by atoms with Gasteiger partial charge in [-0.05, 0) is 55.4 Å². The maximum atomic E-state index is 12.9. The van der Waals surface area contributed by atoms with E-state index in [1.54, 1.807) is 36.3 Å². The van der Waals surface area contributed by atoms with Gasteiger partial charge in [-0.15, -0.1) is 0 Å². The van der Waals surface area contributed by atoms with Gasteiger partial charge in [-0.25, -0.2) is 0 Å². The molecule has 2 heterocycles. The number of rotatable bonds is 5. The first kappa shape index (κ1) is 23.6. The Bertz CT molecular complexity index is 850. The lowest BCUT2D eigenvalue weighted by Gasteiger charge is -2.24. The van der Waals surface area contributed by atoms with E-state index in [0.29, 0.717) is 24.2 Å². The van der Waals surface area contributed by atoms with Gasteiger partial charge in [0, 0.05) is 38.6 Å². The van der Waals surface area contributed by atoms with Crippen LogP contribution in [0.5, 0.6) is 0 Å². The van der Waals surface area contributed by atoms with E-state index in [0.717, 1.165) is 11.4 Å². The zero-order chi connectivity index (χ0) is 23.0. The Kier molecular flexibility index (Phi) is 6.49. The highest BCUT2D eigenvalue weighted by atomic mass is 16.2. The molecular formula is C22H36N6O2. The molecule has 2 aromatic heterocycles. The highest BCUT2D eigenvalue weighted by Gasteiger charge is 2.25. The summed E-state index contributed by atoms with van der Waals surface area (Å²) in [7, 11) is 3.49. The van der Waals surface area contributed by atoms with Crippen LogP contribution in [0.15, 0.2) is 12.4 Å². The second-order valence-corrected chi connectivity index (χ2v) is 9.91. The van der Waals surface area contributed by atoms with Gasteiger partial charge >= 0.3 is 0 Å². The normalized spacial score (nSPS) is 12.2. The molecule has 0 saturated carbocycles. The molecule has 0 aromatic carbocycles. The summed E-state index contributed by atoms with van der Waals surface area (Å²) in [5.41, 5.74) is 2.47. The Hall–Kier alpha value is -2.64. The lowest BCUT2D eigenvalue weighted by molar-refractivity contribution is 0.0717. The molecule has 0 spiro atoms. The largest absolute Gasteiger partial charge is 0.340 e. The molecule has 0 saturated heterocycles. The number of hydrogen-bond donors (Lipinski definition) is 0. The van der Waals surface area contributed by atoms with Crippen LogP contribution in [0.3, 0.4) is 0 Å². The minimum absolute atomic E-state index is 0.0967. The summed E-state index contributed by atoms with van der Waals surface area (Å²) >= 11 is 0. The van der Waals surface area contributed by atoms with Gasteiger partial charge in [0.05, 0.1) is 34.6 Å². The molecule has 30 heavy (non-hydrogen) atoms. The lowest BCUT2D eigenvalue weighted by atomic mass is 10.1. The van der Waals surface area contributed by atoms with E-state index in [1.165, 1.54) is 0 Å². The highest BCUT2D eigenvalue weighted by Crippen LogP contribution is 2.20. The molecule has 0 N–H and O–H groups in total. The lowest BCUT2D eigenvalue weighted by Crippen LogP contribution is -2.37. The summed E-state index contributed by atoms with van der Waals surface area (Å²) in [4.78, 5) is 29.0.